The quantitative estimate of drug-likeness (QED) is 0.201. The molecule has 0 fully saturated rings. The lowest BCUT2D eigenvalue weighted by Gasteiger charge is -2.10. The average molecular weight is 566 g/mol. The number of fused-ring (bicyclic) bond motifs is 3. The Hall–Kier alpha value is -5.87. The fourth-order valence-electron chi connectivity index (χ4n) is 5.84. The van der Waals surface area contributed by atoms with Crippen LogP contribution in [0.5, 0.6) is 0 Å². The Balaban J connectivity index is 1.26. The highest BCUT2D eigenvalue weighted by Crippen LogP contribution is 2.35. The summed E-state index contributed by atoms with van der Waals surface area (Å²) >= 11 is 0. The molecule has 208 valence electrons. The van der Waals surface area contributed by atoms with Crippen molar-refractivity contribution in [2.45, 2.75) is 6.42 Å². The second-order valence-electron chi connectivity index (χ2n) is 10.9. The van der Waals surface area contributed by atoms with Gasteiger partial charge in [0, 0.05) is 28.3 Å². The fraction of sp³-hybridized carbons (Fsp3) is 0.0250. The van der Waals surface area contributed by atoms with Crippen LogP contribution in [0.25, 0.3) is 67.0 Å². The fourth-order valence-corrected chi connectivity index (χ4v) is 5.84. The summed E-state index contributed by atoms with van der Waals surface area (Å²) in [5.74, 6) is 2.02. The van der Waals surface area contributed by atoms with Gasteiger partial charge in [-0.05, 0) is 52.1 Å². The summed E-state index contributed by atoms with van der Waals surface area (Å²) in [6.07, 6.45) is 0.537. The zero-order valence-corrected chi connectivity index (χ0v) is 23.9. The first-order valence-corrected chi connectivity index (χ1v) is 14.7. The van der Waals surface area contributed by atoms with E-state index in [1.807, 2.05) is 54.6 Å². The van der Waals surface area contributed by atoms with Gasteiger partial charge in [-0.3, -0.25) is 0 Å². The third kappa shape index (κ3) is 4.93. The number of benzene rings is 6. The summed E-state index contributed by atoms with van der Waals surface area (Å²) in [5, 5.41) is 2.18. The first kappa shape index (κ1) is 25.8. The minimum absolute atomic E-state index is 0.537. The second-order valence-corrected chi connectivity index (χ2v) is 10.9. The third-order valence-corrected chi connectivity index (χ3v) is 7.98. The molecule has 0 aliphatic heterocycles. The molecule has 0 bridgehead atoms. The molecule has 4 nitrogen and oxygen atoms in total. The normalized spacial score (nSPS) is 11.3. The Morgan fingerprint density at radius 2 is 0.977 bits per heavy atom. The average Bonchev–Trinajstić information content (AvgIpc) is 3.48. The van der Waals surface area contributed by atoms with E-state index in [9.17, 15) is 0 Å². The molecule has 0 N–H and O–H groups in total. The van der Waals surface area contributed by atoms with Crippen molar-refractivity contribution in [3.8, 4) is 45.0 Å². The van der Waals surface area contributed by atoms with Gasteiger partial charge in [-0.15, -0.1) is 0 Å². The van der Waals surface area contributed by atoms with E-state index in [4.69, 9.17) is 19.4 Å². The van der Waals surface area contributed by atoms with Crippen molar-refractivity contribution < 1.29 is 4.42 Å². The van der Waals surface area contributed by atoms with Crippen LogP contribution in [0.2, 0.25) is 0 Å². The van der Waals surface area contributed by atoms with E-state index in [0.717, 1.165) is 55.3 Å². The zero-order chi connectivity index (χ0) is 29.3. The van der Waals surface area contributed by atoms with Crippen molar-refractivity contribution in [1.82, 2.24) is 15.0 Å². The molecule has 6 aromatic carbocycles. The van der Waals surface area contributed by atoms with Gasteiger partial charge in [-0.25, -0.2) is 15.0 Å². The molecule has 2 aromatic heterocycles. The molecule has 0 atom stereocenters. The number of aromatic nitrogens is 3. The summed E-state index contributed by atoms with van der Waals surface area (Å²) in [6, 6.07) is 52.0. The number of furan rings is 1. The van der Waals surface area contributed by atoms with Gasteiger partial charge in [0.05, 0.1) is 0 Å². The maximum Gasteiger partial charge on any atom is 0.163 e. The van der Waals surface area contributed by atoms with Crippen LogP contribution < -0.4 is 0 Å². The van der Waals surface area contributed by atoms with E-state index < -0.39 is 0 Å². The lowest BCUT2D eigenvalue weighted by Crippen LogP contribution is -2.04. The summed E-state index contributed by atoms with van der Waals surface area (Å²) in [6.45, 7) is 0. The Kier molecular flexibility index (Phi) is 6.50. The van der Waals surface area contributed by atoms with Crippen molar-refractivity contribution in [2.24, 2.45) is 0 Å². The van der Waals surface area contributed by atoms with Gasteiger partial charge >= 0.3 is 0 Å². The molecule has 2 heterocycles. The molecule has 0 saturated heterocycles. The molecule has 4 heteroatoms. The summed E-state index contributed by atoms with van der Waals surface area (Å²) in [4.78, 5) is 15.0. The molecular weight excluding hydrogens is 538 g/mol. The van der Waals surface area contributed by atoms with Crippen molar-refractivity contribution in [3.05, 3.63) is 163 Å². The van der Waals surface area contributed by atoms with Crippen molar-refractivity contribution >= 4 is 21.9 Å². The predicted octanol–water partition coefficient (Wildman–Crippen LogP) is 10.0. The van der Waals surface area contributed by atoms with Crippen LogP contribution in [0.1, 0.15) is 11.4 Å². The first-order chi connectivity index (χ1) is 21.8. The minimum atomic E-state index is 0.537. The van der Waals surface area contributed by atoms with Crippen LogP contribution in [0.15, 0.2) is 156 Å². The van der Waals surface area contributed by atoms with E-state index >= 15 is 0 Å². The highest BCUT2D eigenvalue weighted by atomic mass is 16.3. The van der Waals surface area contributed by atoms with E-state index in [1.54, 1.807) is 0 Å². The van der Waals surface area contributed by atoms with E-state index in [2.05, 4.69) is 97.1 Å². The van der Waals surface area contributed by atoms with Crippen LogP contribution in [0.4, 0.5) is 0 Å². The van der Waals surface area contributed by atoms with E-state index in [0.29, 0.717) is 23.9 Å². The molecular formula is C40H27N3O. The topological polar surface area (TPSA) is 51.8 Å². The van der Waals surface area contributed by atoms with Gasteiger partial charge < -0.3 is 4.42 Å². The number of hydrogen-bond donors (Lipinski definition) is 0. The molecule has 0 radical (unpaired) electrons. The largest absolute Gasteiger partial charge is 0.456 e. The summed E-state index contributed by atoms with van der Waals surface area (Å²) < 4.78 is 6.31. The van der Waals surface area contributed by atoms with E-state index in [1.165, 1.54) is 5.56 Å². The van der Waals surface area contributed by atoms with Gasteiger partial charge in [-0.1, -0.05) is 127 Å². The zero-order valence-electron chi connectivity index (χ0n) is 23.9. The number of rotatable bonds is 6. The highest BCUT2D eigenvalue weighted by Gasteiger charge is 2.16. The van der Waals surface area contributed by atoms with Crippen LogP contribution in [0.3, 0.4) is 0 Å². The molecule has 0 saturated carbocycles. The molecule has 0 aliphatic carbocycles. The van der Waals surface area contributed by atoms with Gasteiger partial charge in [0.25, 0.3) is 0 Å². The molecule has 0 amide bonds. The Bertz CT molecular complexity index is 2240. The molecule has 8 rings (SSSR count). The summed E-state index contributed by atoms with van der Waals surface area (Å²) in [5.41, 5.74) is 9.34. The van der Waals surface area contributed by atoms with Crippen LogP contribution in [-0.2, 0) is 6.42 Å². The molecule has 0 spiro atoms. The predicted molar refractivity (Wildman–Crippen MR) is 178 cm³/mol. The standard InChI is InChI=1S/C40H27N3O/c1-4-12-27(13-5-1)30-18-10-20-33(24-30)40-42-37(41-39(43-40)29-16-8-3-9-17-29)26-32-19-11-21-36-38(32)34-25-31(22-23-35(34)44-36)28-14-6-2-7-15-28/h1-25H,26H2. The van der Waals surface area contributed by atoms with Gasteiger partial charge in [0.15, 0.2) is 11.6 Å². The van der Waals surface area contributed by atoms with Crippen molar-refractivity contribution in [3.63, 3.8) is 0 Å². The van der Waals surface area contributed by atoms with Gasteiger partial charge in [0.1, 0.15) is 17.0 Å². The lowest BCUT2D eigenvalue weighted by molar-refractivity contribution is 0.668. The van der Waals surface area contributed by atoms with Crippen LogP contribution in [-0.4, -0.2) is 15.0 Å². The number of hydrogen-bond acceptors (Lipinski definition) is 4. The smallest absolute Gasteiger partial charge is 0.163 e. The maximum absolute atomic E-state index is 6.31. The summed E-state index contributed by atoms with van der Waals surface area (Å²) in [7, 11) is 0. The highest BCUT2D eigenvalue weighted by molar-refractivity contribution is 6.08. The Labute approximate surface area is 255 Å². The minimum Gasteiger partial charge on any atom is -0.456 e. The monoisotopic (exact) mass is 565 g/mol. The molecule has 44 heavy (non-hydrogen) atoms. The van der Waals surface area contributed by atoms with Gasteiger partial charge in [-0.2, -0.15) is 0 Å². The van der Waals surface area contributed by atoms with Crippen LogP contribution >= 0.6 is 0 Å². The Morgan fingerprint density at radius 1 is 0.409 bits per heavy atom. The lowest BCUT2D eigenvalue weighted by atomic mass is 9.99. The van der Waals surface area contributed by atoms with Crippen molar-refractivity contribution in [2.75, 3.05) is 0 Å². The third-order valence-electron chi connectivity index (χ3n) is 7.98. The second kappa shape index (κ2) is 11.1. The van der Waals surface area contributed by atoms with Crippen LogP contribution in [0, 0.1) is 0 Å². The molecule has 8 aromatic rings. The maximum atomic E-state index is 6.31. The van der Waals surface area contributed by atoms with Crippen molar-refractivity contribution in [1.29, 1.82) is 0 Å². The van der Waals surface area contributed by atoms with E-state index in [-0.39, 0.29) is 0 Å². The number of nitrogens with zero attached hydrogens (tertiary/aromatic N) is 3. The SMILES string of the molecule is c1ccc(-c2cccc(-c3nc(Cc4cccc5oc6ccc(-c7ccccc7)cc6c45)nc(-c4ccccc4)n3)c2)cc1. The van der Waals surface area contributed by atoms with Gasteiger partial charge in [0.2, 0.25) is 0 Å². The first-order valence-electron chi connectivity index (χ1n) is 14.7. The molecule has 0 unspecified atom stereocenters. The molecule has 0 aliphatic rings. The Morgan fingerprint density at radius 3 is 1.68 bits per heavy atom.